The number of ether oxygens (including phenoxy) is 1. The number of rotatable bonds is 1. The van der Waals surface area contributed by atoms with E-state index in [-0.39, 0.29) is 5.52 Å². The van der Waals surface area contributed by atoms with E-state index in [0.29, 0.717) is 21.9 Å². The summed E-state index contributed by atoms with van der Waals surface area (Å²) in [6, 6.07) is 4.55. The van der Waals surface area contributed by atoms with Crippen molar-refractivity contribution in [2.24, 2.45) is 0 Å². The van der Waals surface area contributed by atoms with Crippen molar-refractivity contribution in [1.29, 1.82) is 0 Å². The van der Waals surface area contributed by atoms with Gasteiger partial charge in [-0.2, -0.15) is 0 Å². The first-order valence-electron chi connectivity index (χ1n) is 4.43. The second kappa shape index (κ2) is 3.66. The molecule has 2 aromatic rings. The normalized spacial score (nSPS) is 10.7. The zero-order valence-electron chi connectivity index (χ0n) is 8.34. The Hall–Kier alpha value is -1.35. The molecule has 0 bridgehead atoms. The van der Waals surface area contributed by atoms with Gasteiger partial charge < -0.3 is 4.74 Å². The van der Waals surface area contributed by atoms with Crippen LogP contribution in [0.3, 0.4) is 0 Å². The first-order valence-corrected chi connectivity index (χ1v) is 4.80. The van der Waals surface area contributed by atoms with Crippen LogP contribution in [0.4, 0.5) is 4.39 Å². The fraction of sp³-hybridized carbons (Fsp3) is 0.182. The maximum Gasteiger partial charge on any atom is 0.149 e. The Labute approximate surface area is 91.6 Å². The molecule has 15 heavy (non-hydrogen) atoms. The number of nitrogens with zero attached hydrogens (tertiary/aromatic N) is 1. The van der Waals surface area contributed by atoms with Gasteiger partial charge in [-0.3, -0.25) is 0 Å². The Kier molecular flexibility index (Phi) is 2.49. The number of fused-ring (bicyclic) bond motifs is 1. The van der Waals surface area contributed by atoms with E-state index in [1.165, 1.54) is 13.2 Å². The largest absolute Gasteiger partial charge is 0.496 e. The van der Waals surface area contributed by atoms with Crippen LogP contribution >= 0.6 is 11.6 Å². The molecule has 0 radical (unpaired) electrons. The van der Waals surface area contributed by atoms with Crippen LogP contribution in [0.15, 0.2) is 18.2 Å². The van der Waals surface area contributed by atoms with Gasteiger partial charge in [0, 0.05) is 5.69 Å². The molecule has 0 aliphatic heterocycles. The minimum absolute atomic E-state index is 0.249. The van der Waals surface area contributed by atoms with Crippen molar-refractivity contribution in [2.45, 2.75) is 6.92 Å². The lowest BCUT2D eigenvalue weighted by atomic mass is 10.1. The average molecular weight is 226 g/mol. The number of hydrogen-bond acceptors (Lipinski definition) is 2. The SMILES string of the molecule is COc1ccc(F)c2nc(C)cc(Cl)c12. The summed E-state index contributed by atoms with van der Waals surface area (Å²) in [5, 5.41) is 0.971. The van der Waals surface area contributed by atoms with Crippen LogP contribution in [0.2, 0.25) is 5.02 Å². The molecule has 4 heteroatoms. The fourth-order valence-corrected chi connectivity index (χ4v) is 1.86. The first kappa shape index (κ1) is 10.2. The number of halogens is 2. The summed E-state index contributed by atoms with van der Waals surface area (Å²) < 4.78 is 18.6. The molecular formula is C11H9ClFNO. The van der Waals surface area contributed by atoms with E-state index in [2.05, 4.69) is 4.98 Å². The highest BCUT2D eigenvalue weighted by Gasteiger charge is 2.11. The summed E-state index contributed by atoms with van der Waals surface area (Å²) in [6.45, 7) is 1.77. The first-order chi connectivity index (χ1) is 7.13. The summed E-state index contributed by atoms with van der Waals surface area (Å²) in [7, 11) is 1.52. The molecule has 0 spiro atoms. The van der Waals surface area contributed by atoms with E-state index in [1.54, 1.807) is 19.1 Å². The molecule has 1 heterocycles. The van der Waals surface area contributed by atoms with Crippen LogP contribution in [0.25, 0.3) is 10.9 Å². The van der Waals surface area contributed by atoms with Crippen LogP contribution < -0.4 is 4.74 Å². The van der Waals surface area contributed by atoms with E-state index in [0.717, 1.165) is 0 Å². The molecule has 78 valence electrons. The number of aromatic nitrogens is 1. The third kappa shape index (κ3) is 1.63. The van der Waals surface area contributed by atoms with Crippen LogP contribution in [-0.2, 0) is 0 Å². The molecule has 0 amide bonds. The van der Waals surface area contributed by atoms with Crippen molar-refractivity contribution in [2.75, 3.05) is 7.11 Å². The van der Waals surface area contributed by atoms with E-state index in [1.807, 2.05) is 0 Å². The molecule has 2 rings (SSSR count). The number of hydrogen-bond donors (Lipinski definition) is 0. The molecule has 0 aliphatic rings. The highest BCUT2D eigenvalue weighted by atomic mass is 35.5. The van der Waals surface area contributed by atoms with Gasteiger partial charge in [0.1, 0.15) is 17.1 Å². The second-order valence-electron chi connectivity index (χ2n) is 3.22. The monoisotopic (exact) mass is 225 g/mol. The standard InChI is InChI=1S/C11H9ClFNO/c1-6-5-7(12)10-9(15-2)4-3-8(13)11(10)14-6/h3-5H,1-2H3. The highest BCUT2D eigenvalue weighted by molar-refractivity contribution is 6.36. The smallest absolute Gasteiger partial charge is 0.149 e. The van der Waals surface area contributed by atoms with Gasteiger partial charge in [0.2, 0.25) is 0 Å². The zero-order chi connectivity index (χ0) is 11.0. The molecule has 0 N–H and O–H groups in total. The fourth-order valence-electron chi connectivity index (χ4n) is 1.52. The van der Waals surface area contributed by atoms with Gasteiger partial charge >= 0.3 is 0 Å². The number of methoxy groups -OCH3 is 1. The summed E-state index contributed by atoms with van der Waals surface area (Å²) in [6.07, 6.45) is 0. The molecular weight excluding hydrogens is 217 g/mol. The van der Waals surface area contributed by atoms with Crippen LogP contribution in [0.1, 0.15) is 5.69 Å². The Morgan fingerprint density at radius 3 is 2.80 bits per heavy atom. The lowest BCUT2D eigenvalue weighted by molar-refractivity contribution is 0.419. The summed E-state index contributed by atoms with van der Waals surface area (Å²) >= 11 is 6.03. The Balaban J connectivity index is 2.93. The number of pyridine rings is 1. The Morgan fingerprint density at radius 1 is 1.40 bits per heavy atom. The Morgan fingerprint density at radius 2 is 2.13 bits per heavy atom. The van der Waals surface area contributed by atoms with Crippen molar-refractivity contribution in [3.8, 4) is 5.75 Å². The summed E-state index contributed by atoms with van der Waals surface area (Å²) in [5.74, 6) is 0.139. The van der Waals surface area contributed by atoms with Gasteiger partial charge in [-0.15, -0.1) is 0 Å². The van der Waals surface area contributed by atoms with Gasteiger partial charge in [0.15, 0.2) is 0 Å². The predicted octanol–water partition coefficient (Wildman–Crippen LogP) is 3.34. The summed E-state index contributed by atoms with van der Waals surface area (Å²) in [5.41, 5.74) is 0.930. The molecule has 2 nitrogen and oxygen atoms in total. The van der Waals surface area contributed by atoms with Crippen molar-refractivity contribution >= 4 is 22.5 Å². The van der Waals surface area contributed by atoms with Crippen molar-refractivity contribution in [3.63, 3.8) is 0 Å². The molecule has 0 aliphatic carbocycles. The van der Waals surface area contributed by atoms with Crippen molar-refractivity contribution < 1.29 is 9.13 Å². The molecule has 1 aromatic heterocycles. The lowest BCUT2D eigenvalue weighted by Crippen LogP contribution is -1.92. The number of benzene rings is 1. The molecule has 0 unspecified atom stereocenters. The lowest BCUT2D eigenvalue weighted by Gasteiger charge is -2.08. The van der Waals surface area contributed by atoms with Gasteiger partial charge in [-0.05, 0) is 25.1 Å². The Bertz CT molecular complexity index is 527. The molecule has 0 saturated heterocycles. The second-order valence-corrected chi connectivity index (χ2v) is 3.63. The molecule has 0 fully saturated rings. The molecule has 1 aromatic carbocycles. The van der Waals surface area contributed by atoms with Gasteiger partial charge in [-0.1, -0.05) is 11.6 Å². The maximum atomic E-state index is 13.5. The highest BCUT2D eigenvalue weighted by Crippen LogP contribution is 2.32. The van der Waals surface area contributed by atoms with Gasteiger partial charge in [0.05, 0.1) is 17.5 Å². The summed E-state index contributed by atoms with van der Waals surface area (Å²) in [4.78, 5) is 4.11. The molecule has 0 atom stereocenters. The average Bonchev–Trinajstić information content (AvgIpc) is 2.19. The van der Waals surface area contributed by atoms with E-state index < -0.39 is 5.82 Å². The van der Waals surface area contributed by atoms with Crippen LogP contribution in [0.5, 0.6) is 5.75 Å². The van der Waals surface area contributed by atoms with Crippen molar-refractivity contribution in [1.82, 2.24) is 4.98 Å². The minimum atomic E-state index is -0.392. The quantitative estimate of drug-likeness (QED) is 0.743. The van der Waals surface area contributed by atoms with E-state index in [4.69, 9.17) is 16.3 Å². The molecule has 0 saturated carbocycles. The third-order valence-electron chi connectivity index (χ3n) is 2.17. The van der Waals surface area contributed by atoms with Crippen molar-refractivity contribution in [3.05, 3.63) is 34.7 Å². The van der Waals surface area contributed by atoms with Gasteiger partial charge in [0.25, 0.3) is 0 Å². The van der Waals surface area contributed by atoms with Gasteiger partial charge in [-0.25, -0.2) is 9.37 Å². The van der Waals surface area contributed by atoms with Crippen LogP contribution in [0, 0.1) is 12.7 Å². The number of aryl methyl sites for hydroxylation is 1. The zero-order valence-corrected chi connectivity index (χ0v) is 9.10. The van der Waals surface area contributed by atoms with E-state index in [9.17, 15) is 4.39 Å². The van der Waals surface area contributed by atoms with Crippen LogP contribution in [-0.4, -0.2) is 12.1 Å². The maximum absolute atomic E-state index is 13.5. The minimum Gasteiger partial charge on any atom is -0.496 e. The topological polar surface area (TPSA) is 22.1 Å². The third-order valence-corrected chi connectivity index (χ3v) is 2.47. The predicted molar refractivity (Wildman–Crippen MR) is 58.0 cm³/mol. The van der Waals surface area contributed by atoms with E-state index >= 15 is 0 Å².